The van der Waals surface area contributed by atoms with Crippen LogP contribution in [0, 0.1) is 0 Å². The summed E-state index contributed by atoms with van der Waals surface area (Å²) in [6, 6.07) is 5.61. The van der Waals surface area contributed by atoms with Gasteiger partial charge >= 0.3 is 0 Å². The van der Waals surface area contributed by atoms with Gasteiger partial charge in [-0.3, -0.25) is 0 Å². The van der Waals surface area contributed by atoms with Crippen LogP contribution in [0.1, 0.15) is 0 Å². The Hall–Kier alpha value is -1.51. The number of anilines is 1. The molecule has 2 aromatic heterocycles. The molecular formula is C7H7N3. The largest absolute Gasteiger partial charge is 0.397 e. The van der Waals surface area contributed by atoms with Gasteiger partial charge in [0.15, 0.2) is 0 Å². The zero-order chi connectivity index (χ0) is 6.97. The lowest BCUT2D eigenvalue weighted by molar-refractivity contribution is 0.962. The molecule has 3 nitrogen and oxygen atoms in total. The molecule has 0 spiro atoms. The molecule has 3 heteroatoms. The first-order valence-corrected chi connectivity index (χ1v) is 3.06. The molecule has 0 radical (unpaired) electrons. The fraction of sp³-hybridized carbons (Fsp3) is 0. The average Bonchev–Trinajstić information content (AvgIpc) is 2.36. The molecule has 0 unspecified atom stereocenters. The predicted molar refractivity (Wildman–Crippen MR) is 39.6 cm³/mol. The third-order valence-electron chi connectivity index (χ3n) is 1.47. The quantitative estimate of drug-likeness (QED) is 0.580. The van der Waals surface area contributed by atoms with E-state index in [0.29, 0.717) is 0 Å². The van der Waals surface area contributed by atoms with Crippen LogP contribution in [0.25, 0.3) is 5.52 Å². The van der Waals surface area contributed by atoms with Crippen LogP contribution in [0.15, 0.2) is 30.6 Å². The first-order chi connectivity index (χ1) is 4.88. The highest BCUT2D eigenvalue weighted by atomic mass is 15.2. The van der Waals surface area contributed by atoms with Gasteiger partial charge in [0, 0.05) is 6.20 Å². The zero-order valence-electron chi connectivity index (χ0n) is 5.36. The van der Waals surface area contributed by atoms with E-state index < -0.39 is 0 Å². The molecule has 0 bridgehead atoms. The summed E-state index contributed by atoms with van der Waals surface area (Å²) in [5.74, 6) is 0. The molecule has 0 saturated carbocycles. The van der Waals surface area contributed by atoms with Crippen molar-refractivity contribution < 1.29 is 0 Å². The zero-order valence-corrected chi connectivity index (χ0v) is 5.36. The maximum atomic E-state index is 5.64. The minimum absolute atomic E-state index is 0.764. The molecule has 2 heterocycles. The first kappa shape index (κ1) is 5.29. The normalized spacial score (nSPS) is 10.4. The van der Waals surface area contributed by atoms with Gasteiger partial charge in [-0.25, -0.2) is 4.52 Å². The Morgan fingerprint density at radius 2 is 2.30 bits per heavy atom. The number of hydrogen-bond acceptors (Lipinski definition) is 2. The smallest absolute Gasteiger partial charge is 0.0890 e. The van der Waals surface area contributed by atoms with Crippen LogP contribution in [0.5, 0.6) is 0 Å². The van der Waals surface area contributed by atoms with Crippen LogP contribution in [-0.2, 0) is 0 Å². The number of nitrogens with zero attached hydrogens (tertiary/aromatic N) is 2. The summed E-state index contributed by atoms with van der Waals surface area (Å²) in [6.07, 6.45) is 3.59. The van der Waals surface area contributed by atoms with Gasteiger partial charge in [-0.05, 0) is 18.2 Å². The molecule has 0 aromatic carbocycles. The predicted octanol–water partition coefficient (Wildman–Crippen LogP) is 0.917. The Morgan fingerprint density at radius 3 is 3.10 bits per heavy atom. The maximum absolute atomic E-state index is 5.64. The van der Waals surface area contributed by atoms with Gasteiger partial charge in [-0.2, -0.15) is 5.10 Å². The van der Waals surface area contributed by atoms with Gasteiger partial charge in [0.05, 0.1) is 17.4 Å². The molecule has 0 amide bonds. The summed E-state index contributed by atoms with van der Waals surface area (Å²) >= 11 is 0. The molecule has 0 aliphatic heterocycles. The van der Waals surface area contributed by atoms with E-state index in [1.807, 2.05) is 24.4 Å². The van der Waals surface area contributed by atoms with Crippen LogP contribution in [0.2, 0.25) is 0 Å². The molecule has 0 aliphatic carbocycles. The van der Waals surface area contributed by atoms with Crippen molar-refractivity contribution in [3.05, 3.63) is 30.6 Å². The SMILES string of the molecule is Nc1cccn2nccc12. The van der Waals surface area contributed by atoms with Gasteiger partial charge in [-0.1, -0.05) is 0 Å². The van der Waals surface area contributed by atoms with Crippen LogP contribution in [0.3, 0.4) is 0 Å². The van der Waals surface area contributed by atoms with Crippen molar-refractivity contribution >= 4 is 11.2 Å². The average molecular weight is 133 g/mol. The highest BCUT2D eigenvalue weighted by molar-refractivity contribution is 5.68. The summed E-state index contributed by atoms with van der Waals surface area (Å²) in [6.45, 7) is 0. The van der Waals surface area contributed by atoms with E-state index >= 15 is 0 Å². The van der Waals surface area contributed by atoms with Crippen molar-refractivity contribution in [2.75, 3.05) is 5.73 Å². The second-order valence-corrected chi connectivity index (χ2v) is 2.12. The summed E-state index contributed by atoms with van der Waals surface area (Å²) in [5.41, 5.74) is 7.36. The lowest BCUT2D eigenvalue weighted by atomic mass is 10.3. The monoisotopic (exact) mass is 133 g/mol. The van der Waals surface area contributed by atoms with E-state index in [0.717, 1.165) is 11.2 Å². The Labute approximate surface area is 58.1 Å². The number of fused-ring (bicyclic) bond motifs is 1. The van der Waals surface area contributed by atoms with E-state index in [9.17, 15) is 0 Å². The maximum Gasteiger partial charge on any atom is 0.0890 e. The van der Waals surface area contributed by atoms with Gasteiger partial charge in [-0.15, -0.1) is 0 Å². The van der Waals surface area contributed by atoms with E-state index in [1.165, 1.54) is 0 Å². The van der Waals surface area contributed by atoms with Crippen molar-refractivity contribution in [3.8, 4) is 0 Å². The van der Waals surface area contributed by atoms with Gasteiger partial charge in [0.25, 0.3) is 0 Å². The highest BCUT2D eigenvalue weighted by Gasteiger charge is 1.93. The molecule has 0 aliphatic rings. The number of pyridine rings is 1. The third kappa shape index (κ3) is 0.572. The summed E-state index contributed by atoms with van der Waals surface area (Å²) in [4.78, 5) is 0. The van der Waals surface area contributed by atoms with Crippen molar-refractivity contribution in [2.45, 2.75) is 0 Å². The fourth-order valence-electron chi connectivity index (χ4n) is 0.975. The molecule has 2 aromatic rings. The molecular weight excluding hydrogens is 126 g/mol. The van der Waals surface area contributed by atoms with Crippen molar-refractivity contribution in [1.29, 1.82) is 0 Å². The molecule has 0 atom stereocenters. The van der Waals surface area contributed by atoms with Crippen molar-refractivity contribution in [2.24, 2.45) is 0 Å². The summed E-state index contributed by atoms with van der Waals surface area (Å²) in [7, 11) is 0. The minimum Gasteiger partial charge on any atom is -0.397 e. The van der Waals surface area contributed by atoms with E-state index in [1.54, 1.807) is 10.7 Å². The molecule has 2 N–H and O–H groups in total. The van der Waals surface area contributed by atoms with E-state index in [4.69, 9.17) is 5.73 Å². The molecule has 50 valence electrons. The molecule has 2 rings (SSSR count). The summed E-state index contributed by atoms with van der Waals surface area (Å²) in [5, 5.41) is 4.02. The summed E-state index contributed by atoms with van der Waals surface area (Å²) < 4.78 is 1.75. The standard InChI is InChI=1S/C7H7N3/c8-6-2-1-5-10-7(6)3-4-9-10/h1-5H,8H2. The van der Waals surface area contributed by atoms with Gasteiger partial charge in [0.2, 0.25) is 0 Å². The number of aromatic nitrogens is 2. The molecule has 10 heavy (non-hydrogen) atoms. The lowest BCUT2D eigenvalue weighted by Gasteiger charge is -1.94. The Morgan fingerprint density at radius 1 is 1.40 bits per heavy atom. The highest BCUT2D eigenvalue weighted by Crippen LogP contribution is 2.10. The Balaban J connectivity index is 2.95. The van der Waals surface area contributed by atoms with Crippen LogP contribution in [0.4, 0.5) is 5.69 Å². The third-order valence-corrected chi connectivity index (χ3v) is 1.47. The Kier molecular flexibility index (Phi) is 0.917. The van der Waals surface area contributed by atoms with E-state index in [2.05, 4.69) is 5.10 Å². The number of hydrogen-bond donors (Lipinski definition) is 1. The lowest BCUT2D eigenvalue weighted by Crippen LogP contribution is -1.90. The topological polar surface area (TPSA) is 43.3 Å². The minimum atomic E-state index is 0.764. The van der Waals surface area contributed by atoms with Gasteiger partial charge in [0.1, 0.15) is 0 Å². The van der Waals surface area contributed by atoms with Crippen LogP contribution < -0.4 is 5.73 Å². The number of rotatable bonds is 0. The van der Waals surface area contributed by atoms with Crippen molar-refractivity contribution in [3.63, 3.8) is 0 Å². The second kappa shape index (κ2) is 1.73. The van der Waals surface area contributed by atoms with Crippen molar-refractivity contribution in [1.82, 2.24) is 9.61 Å². The Bertz CT molecular complexity index is 350. The van der Waals surface area contributed by atoms with Crippen LogP contribution >= 0.6 is 0 Å². The second-order valence-electron chi connectivity index (χ2n) is 2.12. The number of nitrogens with two attached hydrogens (primary N) is 1. The van der Waals surface area contributed by atoms with Crippen LogP contribution in [-0.4, -0.2) is 9.61 Å². The van der Waals surface area contributed by atoms with Gasteiger partial charge < -0.3 is 5.73 Å². The fourth-order valence-corrected chi connectivity index (χ4v) is 0.975. The number of nitrogen functional groups attached to an aromatic ring is 1. The molecule has 0 saturated heterocycles. The first-order valence-electron chi connectivity index (χ1n) is 3.06. The molecule has 0 fully saturated rings. The van der Waals surface area contributed by atoms with E-state index in [-0.39, 0.29) is 0 Å².